The second-order valence-corrected chi connectivity index (χ2v) is 7.92. The zero-order chi connectivity index (χ0) is 19.6. The molecule has 1 unspecified atom stereocenters. The van der Waals surface area contributed by atoms with E-state index in [4.69, 9.17) is 0 Å². The smallest absolute Gasteiger partial charge is 0.241 e. The summed E-state index contributed by atoms with van der Waals surface area (Å²) in [5.41, 5.74) is 3.96. The molecule has 2 aromatic rings. The number of anilines is 1. The number of fused-ring (bicyclic) bond motifs is 1. The van der Waals surface area contributed by atoms with Crippen molar-refractivity contribution in [2.24, 2.45) is 0 Å². The van der Waals surface area contributed by atoms with Gasteiger partial charge in [0.25, 0.3) is 0 Å². The maximum atomic E-state index is 13.2. The molecule has 5 nitrogen and oxygen atoms in total. The molecule has 2 aromatic carbocycles. The fraction of sp³-hybridized carbons (Fsp3) is 0.391. The molecular weight excluding hydrogens is 350 g/mol. The summed E-state index contributed by atoms with van der Waals surface area (Å²) < 4.78 is 0. The van der Waals surface area contributed by atoms with Gasteiger partial charge in [0.05, 0.1) is 0 Å². The number of likely N-dealkylation sites (tertiary alicyclic amines) is 1. The number of piperidine rings is 1. The van der Waals surface area contributed by atoms with Crippen LogP contribution in [0.5, 0.6) is 0 Å². The van der Waals surface area contributed by atoms with Gasteiger partial charge in [-0.15, -0.1) is 0 Å². The topological polar surface area (TPSA) is 61.4 Å². The Morgan fingerprint density at radius 1 is 1.11 bits per heavy atom. The summed E-state index contributed by atoms with van der Waals surface area (Å²) in [7, 11) is 0. The van der Waals surface area contributed by atoms with Crippen molar-refractivity contribution in [3.05, 3.63) is 65.2 Å². The Hall–Kier alpha value is -2.66. The van der Waals surface area contributed by atoms with Gasteiger partial charge in [-0.2, -0.15) is 0 Å². The highest BCUT2D eigenvalue weighted by atomic mass is 16.2. The highest BCUT2D eigenvalue weighted by Crippen LogP contribution is 2.36. The summed E-state index contributed by atoms with van der Waals surface area (Å²) in [6.45, 7) is 3.77. The third kappa shape index (κ3) is 3.67. The molecule has 28 heavy (non-hydrogen) atoms. The number of hydrogen-bond donors (Lipinski definition) is 2. The Morgan fingerprint density at radius 2 is 1.86 bits per heavy atom. The third-order valence-corrected chi connectivity index (χ3v) is 5.98. The average molecular weight is 377 g/mol. The Balaban J connectivity index is 1.60. The normalized spacial score (nSPS) is 22.2. The first-order chi connectivity index (χ1) is 13.6. The molecule has 2 N–H and O–H groups in total. The van der Waals surface area contributed by atoms with Crippen LogP contribution in [0.4, 0.5) is 5.69 Å². The molecule has 0 aromatic heterocycles. The Labute approximate surface area is 166 Å². The van der Waals surface area contributed by atoms with E-state index < -0.39 is 5.54 Å². The van der Waals surface area contributed by atoms with Gasteiger partial charge in [-0.3, -0.25) is 14.5 Å². The first kappa shape index (κ1) is 18.7. The molecule has 1 spiro atoms. The van der Waals surface area contributed by atoms with Gasteiger partial charge in [0, 0.05) is 32.1 Å². The van der Waals surface area contributed by atoms with E-state index in [0.717, 1.165) is 50.0 Å². The van der Waals surface area contributed by atoms with Crippen molar-refractivity contribution in [2.45, 2.75) is 51.2 Å². The summed E-state index contributed by atoms with van der Waals surface area (Å²) in [5, 5.41) is 5.98. The Bertz CT molecular complexity index is 878. The van der Waals surface area contributed by atoms with E-state index in [2.05, 4.69) is 33.7 Å². The fourth-order valence-corrected chi connectivity index (χ4v) is 4.53. The fourth-order valence-electron chi connectivity index (χ4n) is 4.53. The molecule has 4 rings (SSSR count). The van der Waals surface area contributed by atoms with E-state index in [0.29, 0.717) is 6.54 Å². The van der Waals surface area contributed by atoms with E-state index in [1.165, 1.54) is 18.1 Å². The predicted molar refractivity (Wildman–Crippen MR) is 110 cm³/mol. The van der Waals surface area contributed by atoms with Crippen molar-refractivity contribution in [1.29, 1.82) is 0 Å². The first-order valence-corrected chi connectivity index (χ1v) is 10.0. The average Bonchev–Trinajstić information content (AvgIpc) is 2.82. The van der Waals surface area contributed by atoms with E-state index in [1.54, 1.807) is 0 Å². The monoisotopic (exact) mass is 377 g/mol. The van der Waals surface area contributed by atoms with E-state index in [1.807, 2.05) is 30.3 Å². The highest BCUT2D eigenvalue weighted by Gasteiger charge is 2.46. The molecular formula is C23H27N3O2. The maximum absolute atomic E-state index is 13.2. The van der Waals surface area contributed by atoms with Crippen LogP contribution >= 0.6 is 0 Å². The Kier molecular flexibility index (Phi) is 5.18. The summed E-state index contributed by atoms with van der Waals surface area (Å²) in [6, 6.07) is 16.3. The van der Waals surface area contributed by atoms with Gasteiger partial charge in [0.15, 0.2) is 0 Å². The lowest BCUT2D eigenvalue weighted by Gasteiger charge is -2.45. The second-order valence-electron chi connectivity index (χ2n) is 7.92. The quantitative estimate of drug-likeness (QED) is 0.863. The largest absolute Gasteiger partial charge is 0.350 e. The summed E-state index contributed by atoms with van der Waals surface area (Å²) >= 11 is 0. The van der Waals surface area contributed by atoms with Crippen LogP contribution < -0.4 is 10.6 Å². The van der Waals surface area contributed by atoms with Crippen molar-refractivity contribution in [3.63, 3.8) is 0 Å². The molecule has 2 heterocycles. The number of nitrogens with zero attached hydrogens (tertiary/aromatic N) is 1. The lowest BCUT2D eigenvalue weighted by molar-refractivity contribution is -0.136. The minimum absolute atomic E-state index is 0.0727. The number of carbonyl (C=O) groups excluding carboxylic acids is 2. The van der Waals surface area contributed by atoms with Crippen molar-refractivity contribution in [2.75, 3.05) is 11.9 Å². The van der Waals surface area contributed by atoms with Crippen LogP contribution in [0.25, 0.3) is 0 Å². The summed E-state index contributed by atoms with van der Waals surface area (Å²) in [5.74, 6) is 0.0785. The number of amides is 2. The molecule has 0 saturated carbocycles. The maximum Gasteiger partial charge on any atom is 0.241 e. The van der Waals surface area contributed by atoms with Crippen LogP contribution in [-0.2, 0) is 29.1 Å². The second kappa shape index (κ2) is 7.76. The van der Waals surface area contributed by atoms with Gasteiger partial charge in [-0.05, 0) is 54.6 Å². The lowest BCUT2D eigenvalue weighted by atomic mass is 9.80. The lowest BCUT2D eigenvalue weighted by Crippen LogP contribution is -2.60. The van der Waals surface area contributed by atoms with E-state index in [9.17, 15) is 9.59 Å². The number of benzene rings is 2. The van der Waals surface area contributed by atoms with Gasteiger partial charge < -0.3 is 10.6 Å². The van der Waals surface area contributed by atoms with E-state index in [-0.39, 0.29) is 11.8 Å². The van der Waals surface area contributed by atoms with Crippen LogP contribution in [0, 0.1) is 0 Å². The molecule has 0 aliphatic carbocycles. The summed E-state index contributed by atoms with van der Waals surface area (Å²) in [6.07, 6.45) is 3.84. The van der Waals surface area contributed by atoms with Crippen LogP contribution in [0.15, 0.2) is 48.5 Å². The minimum Gasteiger partial charge on any atom is -0.350 e. The minimum atomic E-state index is -0.485. The Morgan fingerprint density at radius 3 is 2.61 bits per heavy atom. The molecule has 0 bridgehead atoms. The number of hydrogen-bond acceptors (Lipinski definition) is 3. The number of nitrogens with one attached hydrogen (secondary N) is 2. The number of rotatable bonds is 3. The van der Waals surface area contributed by atoms with Crippen LogP contribution in [-0.4, -0.2) is 28.8 Å². The van der Waals surface area contributed by atoms with Gasteiger partial charge >= 0.3 is 0 Å². The highest BCUT2D eigenvalue weighted by molar-refractivity contribution is 5.88. The van der Waals surface area contributed by atoms with Gasteiger partial charge in [-0.1, -0.05) is 36.4 Å². The molecule has 1 fully saturated rings. The van der Waals surface area contributed by atoms with Crippen molar-refractivity contribution in [3.8, 4) is 0 Å². The number of carbonyl (C=O) groups is 2. The molecule has 2 aliphatic rings. The van der Waals surface area contributed by atoms with Crippen LogP contribution in [0.1, 0.15) is 42.9 Å². The molecule has 0 radical (unpaired) electrons. The van der Waals surface area contributed by atoms with Crippen molar-refractivity contribution < 1.29 is 9.59 Å². The molecule has 2 aliphatic heterocycles. The molecule has 5 heteroatoms. The van der Waals surface area contributed by atoms with Crippen molar-refractivity contribution in [1.82, 2.24) is 10.2 Å². The first-order valence-electron chi connectivity index (χ1n) is 10.0. The van der Waals surface area contributed by atoms with Crippen LogP contribution in [0.3, 0.4) is 0 Å². The molecule has 146 valence electrons. The van der Waals surface area contributed by atoms with Crippen molar-refractivity contribution >= 4 is 17.5 Å². The molecule has 1 saturated heterocycles. The zero-order valence-electron chi connectivity index (χ0n) is 16.3. The molecule has 2 amide bonds. The van der Waals surface area contributed by atoms with E-state index >= 15 is 0 Å². The van der Waals surface area contributed by atoms with Gasteiger partial charge in [-0.25, -0.2) is 0 Å². The molecule has 1 atom stereocenters. The van der Waals surface area contributed by atoms with Crippen LogP contribution in [0.2, 0.25) is 0 Å². The summed E-state index contributed by atoms with van der Waals surface area (Å²) in [4.78, 5) is 26.8. The zero-order valence-corrected chi connectivity index (χ0v) is 16.3. The third-order valence-electron chi connectivity index (χ3n) is 5.98. The van der Waals surface area contributed by atoms with Gasteiger partial charge in [0.1, 0.15) is 5.54 Å². The predicted octanol–water partition coefficient (Wildman–Crippen LogP) is 3.24. The van der Waals surface area contributed by atoms with Gasteiger partial charge in [0.2, 0.25) is 11.8 Å². The standard InChI is InChI=1S/C23H27N3O2/c1-17(27)25-21-10-8-18(9-11-21)16-26-13-5-4-12-23(26)14-19-6-2-3-7-20(19)15-24-22(23)28/h2-3,6-11H,4-5,12-16H2,1H3,(H,24,28)(H,25,27). The SMILES string of the molecule is CC(=O)Nc1ccc(CN2CCCCC23Cc2ccccc2CNC3=O)cc1.